The van der Waals surface area contributed by atoms with Gasteiger partial charge in [-0.3, -0.25) is 4.79 Å². The smallest absolute Gasteiger partial charge is 0.303 e. The van der Waals surface area contributed by atoms with Gasteiger partial charge in [0.2, 0.25) is 0 Å². The zero-order valence-corrected chi connectivity index (χ0v) is 14.1. The molecular formula is C18H19ClO5. The molecule has 128 valence electrons. The highest BCUT2D eigenvalue weighted by atomic mass is 35.5. The number of carbonyl (C=O) groups is 1. The molecule has 0 bridgehead atoms. The molecule has 0 atom stereocenters. The van der Waals surface area contributed by atoms with Gasteiger partial charge in [0.05, 0.1) is 12.1 Å². The predicted molar refractivity (Wildman–Crippen MR) is 91.4 cm³/mol. The van der Waals surface area contributed by atoms with Crippen molar-refractivity contribution in [2.24, 2.45) is 0 Å². The van der Waals surface area contributed by atoms with Crippen LogP contribution in [0.5, 0.6) is 17.2 Å². The van der Waals surface area contributed by atoms with E-state index < -0.39 is 5.97 Å². The van der Waals surface area contributed by atoms with Crippen molar-refractivity contribution in [3.8, 4) is 17.2 Å². The lowest BCUT2D eigenvalue weighted by Crippen LogP contribution is -2.10. The molecule has 0 saturated carbocycles. The second-order valence-electron chi connectivity index (χ2n) is 5.01. The van der Waals surface area contributed by atoms with Crippen LogP contribution in [0, 0.1) is 0 Å². The van der Waals surface area contributed by atoms with Crippen LogP contribution in [0.25, 0.3) is 0 Å². The zero-order chi connectivity index (χ0) is 17.4. The molecule has 0 amide bonds. The normalized spacial score (nSPS) is 10.2. The van der Waals surface area contributed by atoms with Crippen LogP contribution in [-0.2, 0) is 11.2 Å². The van der Waals surface area contributed by atoms with Gasteiger partial charge in [-0.2, -0.15) is 0 Å². The Labute approximate surface area is 145 Å². The Morgan fingerprint density at radius 1 is 1.12 bits per heavy atom. The molecule has 1 N–H and O–H groups in total. The topological polar surface area (TPSA) is 65.0 Å². The third-order valence-electron chi connectivity index (χ3n) is 3.26. The van der Waals surface area contributed by atoms with E-state index in [1.165, 1.54) is 7.11 Å². The van der Waals surface area contributed by atoms with Gasteiger partial charge in [0, 0.05) is 6.42 Å². The average molecular weight is 351 g/mol. The maximum Gasteiger partial charge on any atom is 0.303 e. The van der Waals surface area contributed by atoms with Gasteiger partial charge in [-0.15, -0.1) is 0 Å². The van der Waals surface area contributed by atoms with E-state index in [1.807, 2.05) is 30.3 Å². The van der Waals surface area contributed by atoms with Crippen molar-refractivity contribution < 1.29 is 24.1 Å². The van der Waals surface area contributed by atoms with Crippen LogP contribution in [-0.4, -0.2) is 31.4 Å². The number of carboxylic acids is 1. The van der Waals surface area contributed by atoms with Gasteiger partial charge >= 0.3 is 5.97 Å². The molecule has 5 nitrogen and oxygen atoms in total. The van der Waals surface area contributed by atoms with Crippen LogP contribution in [0.15, 0.2) is 42.5 Å². The number of methoxy groups -OCH3 is 1. The van der Waals surface area contributed by atoms with Gasteiger partial charge < -0.3 is 19.3 Å². The number of halogens is 1. The molecule has 2 rings (SSSR count). The lowest BCUT2D eigenvalue weighted by molar-refractivity contribution is -0.136. The number of rotatable bonds is 9. The van der Waals surface area contributed by atoms with Crippen molar-refractivity contribution in [2.75, 3.05) is 20.3 Å². The number of ether oxygens (including phenoxy) is 3. The molecule has 6 heteroatoms. The summed E-state index contributed by atoms with van der Waals surface area (Å²) in [5, 5.41) is 9.14. The molecule has 2 aromatic carbocycles. The first-order valence-corrected chi connectivity index (χ1v) is 7.87. The molecule has 0 aliphatic carbocycles. The maximum atomic E-state index is 10.7. The quantitative estimate of drug-likeness (QED) is 0.696. The summed E-state index contributed by atoms with van der Waals surface area (Å²) >= 11 is 6.23. The Hall–Kier alpha value is -2.40. The fraction of sp³-hybridized carbons (Fsp3) is 0.278. The number of hydrogen-bond donors (Lipinski definition) is 1. The molecule has 2 aromatic rings. The van der Waals surface area contributed by atoms with Gasteiger partial charge in [-0.05, 0) is 36.2 Å². The molecule has 0 aliphatic rings. The third kappa shape index (κ3) is 5.35. The predicted octanol–water partition coefficient (Wildman–Crippen LogP) is 3.82. The van der Waals surface area contributed by atoms with E-state index in [4.69, 9.17) is 30.9 Å². The molecule has 0 unspecified atom stereocenters. The highest BCUT2D eigenvalue weighted by Gasteiger charge is 2.13. The first kappa shape index (κ1) is 17.9. The second-order valence-corrected chi connectivity index (χ2v) is 5.42. The molecule has 0 spiro atoms. The SMILES string of the molecule is COc1cc(CCC(=O)O)cc(Cl)c1OCCOc1ccccc1. The highest BCUT2D eigenvalue weighted by Crippen LogP contribution is 2.36. The Bertz CT molecular complexity index is 673. The monoisotopic (exact) mass is 350 g/mol. The molecule has 0 saturated heterocycles. The number of benzene rings is 2. The van der Waals surface area contributed by atoms with Gasteiger partial charge in [0.25, 0.3) is 0 Å². The molecule has 0 fully saturated rings. The minimum absolute atomic E-state index is 0.0323. The van der Waals surface area contributed by atoms with E-state index in [2.05, 4.69) is 0 Å². The zero-order valence-electron chi connectivity index (χ0n) is 13.3. The summed E-state index contributed by atoms with van der Waals surface area (Å²) in [7, 11) is 1.51. The van der Waals surface area contributed by atoms with Gasteiger partial charge in [-0.25, -0.2) is 0 Å². The van der Waals surface area contributed by atoms with E-state index in [0.29, 0.717) is 36.2 Å². The molecule has 0 radical (unpaired) electrons. The Morgan fingerprint density at radius 3 is 2.50 bits per heavy atom. The first-order valence-electron chi connectivity index (χ1n) is 7.49. The number of hydrogen-bond acceptors (Lipinski definition) is 4. The lowest BCUT2D eigenvalue weighted by atomic mass is 10.1. The summed E-state index contributed by atoms with van der Waals surface area (Å²) in [5.41, 5.74) is 0.784. The van der Waals surface area contributed by atoms with E-state index in [9.17, 15) is 4.79 Å². The van der Waals surface area contributed by atoms with E-state index in [0.717, 1.165) is 11.3 Å². The minimum atomic E-state index is -0.858. The van der Waals surface area contributed by atoms with E-state index >= 15 is 0 Å². The number of para-hydroxylation sites is 1. The van der Waals surface area contributed by atoms with Crippen molar-refractivity contribution in [2.45, 2.75) is 12.8 Å². The standard InChI is InChI=1S/C18H19ClO5/c1-22-16-12-13(7-8-17(20)21)11-15(19)18(16)24-10-9-23-14-5-3-2-4-6-14/h2-6,11-12H,7-10H2,1H3,(H,20,21). The van der Waals surface area contributed by atoms with Crippen LogP contribution >= 0.6 is 11.6 Å². The lowest BCUT2D eigenvalue weighted by Gasteiger charge is -2.14. The summed E-state index contributed by atoms with van der Waals surface area (Å²) in [4.78, 5) is 10.7. The molecule has 0 heterocycles. The Balaban J connectivity index is 1.95. The van der Waals surface area contributed by atoms with Crippen LogP contribution < -0.4 is 14.2 Å². The Morgan fingerprint density at radius 2 is 1.83 bits per heavy atom. The summed E-state index contributed by atoms with van der Waals surface area (Å²) in [6, 6.07) is 12.9. The first-order chi connectivity index (χ1) is 11.6. The van der Waals surface area contributed by atoms with E-state index in [-0.39, 0.29) is 6.42 Å². The second kappa shape index (κ2) is 9.03. The van der Waals surface area contributed by atoms with Gasteiger partial charge in [-0.1, -0.05) is 29.8 Å². The van der Waals surface area contributed by atoms with Crippen molar-refractivity contribution in [1.82, 2.24) is 0 Å². The molecular weight excluding hydrogens is 332 g/mol. The maximum absolute atomic E-state index is 10.7. The van der Waals surface area contributed by atoms with Crippen LogP contribution in [0.2, 0.25) is 5.02 Å². The van der Waals surface area contributed by atoms with Crippen molar-refractivity contribution in [3.05, 3.63) is 53.1 Å². The fourth-order valence-corrected chi connectivity index (χ4v) is 2.42. The summed E-state index contributed by atoms with van der Waals surface area (Å²) < 4.78 is 16.5. The van der Waals surface area contributed by atoms with Gasteiger partial charge in [0.1, 0.15) is 19.0 Å². The number of aliphatic carboxylic acids is 1. The molecule has 0 aliphatic heterocycles. The van der Waals surface area contributed by atoms with Gasteiger partial charge in [0.15, 0.2) is 11.5 Å². The highest BCUT2D eigenvalue weighted by molar-refractivity contribution is 6.32. The van der Waals surface area contributed by atoms with Crippen LogP contribution in [0.3, 0.4) is 0 Å². The molecule has 0 aromatic heterocycles. The van der Waals surface area contributed by atoms with Crippen molar-refractivity contribution >= 4 is 17.6 Å². The molecule has 24 heavy (non-hydrogen) atoms. The van der Waals surface area contributed by atoms with E-state index in [1.54, 1.807) is 12.1 Å². The average Bonchev–Trinajstić information content (AvgIpc) is 2.58. The number of aryl methyl sites for hydroxylation is 1. The summed E-state index contributed by atoms with van der Waals surface area (Å²) in [5.74, 6) is 0.809. The third-order valence-corrected chi connectivity index (χ3v) is 3.54. The Kier molecular flexibility index (Phi) is 6.75. The van der Waals surface area contributed by atoms with Crippen LogP contribution in [0.1, 0.15) is 12.0 Å². The largest absolute Gasteiger partial charge is 0.493 e. The van der Waals surface area contributed by atoms with Crippen molar-refractivity contribution in [3.63, 3.8) is 0 Å². The summed E-state index contributed by atoms with van der Waals surface area (Å²) in [6.45, 7) is 0.670. The minimum Gasteiger partial charge on any atom is -0.493 e. The van der Waals surface area contributed by atoms with Crippen molar-refractivity contribution in [1.29, 1.82) is 0 Å². The fourth-order valence-electron chi connectivity index (χ4n) is 2.13. The number of carboxylic acid groups (broad SMARTS) is 1. The van der Waals surface area contributed by atoms with Crippen LogP contribution in [0.4, 0.5) is 0 Å². The summed E-state index contributed by atoms with van der Waals surface area (Å²) in [6.07, 6.45) is 0.410.